The maximum Gasteiger partial charge on any atom is 0.272 e. The minimum atomic E-state index is -0.212. The van der Waals surface area contributed by atoms with E-state index in [0.29, 0.717) is 22.2 Å². The Balaban J connectivity index is 1.86. The molecule has 3 rings (SSSR count). The highest BCUT2D eigenvalue weighted by atomic mass is 35.5. The largest absolute Gasteiger partial charge is 0.497 e. The summed E-state index contributed by atoms with van der Waals surface area (Å²) in [7, 11) is 1.59. The lowest BCUT2D eigenvalue weighted by molar-refractivity contribution is 0.102. The zero-order chi connectivity index (χ0) is 14.8. The number of ether oxygens (including phenoxy) is 1. The number of aromatic amines is 1. The summed E-state index contributed by atoms with van der Waals surface area (Å²) in [5.41, 5.74) is 2.03. The molecule has 21 heavy (non-hydrogen) atoms. The van der Waals surface area contributed by atoms with Gasteiger partial charge in [0.2, 0.25) is 0 Å². The van der Waals surface area contributed by atoms with Crippen molar-refractivity contribution < 1.29 is 9.53 Å². The molecule has 0 radical (unpaired) electrons. The summed E-state index contributed by atoms with van der Waals surface area (Å²) < 4.78 is 5.13. The molecule has 106 valence electrons. The Hall–Kier alpha value is -2.46. The smallest absolute Gasteiger partial charge is 0.272 e. The Morgan fingerprint density at radius 2 is 2.05 bits per heavy atom. The molecular weight excluding hydrogens is 288 g/mol. The van der Waals surface area contributed by atoms with E-state index >= 15 is 0 Å². The highest BCUT2D eigenvalue weighted by Crippen LogP contribution is 2.21. The molecule has 0 saturated heterocycles. The highest BCUT2D eigenvalue weighted by molar-refractivity contribution is 6.31. The summed E-state index contributed by atoms with van der Waals surface area (Å²) >= 11 is 5.94. The Morgan fingerprint density at radius 3 is 2.86 bits per heavy atom. The van der Waals surface area contributed by atoms with Crippen LogP contribution in [0.5, 0.6) is 5.75 Å². The van der Waals surface area contributed by atoms with Gasteiger partial charge in [-0.05, 0) is 36.4 Å². The second kappa shape index (κ2) is 5.50. The van der Waals surface area contributed by atoms with Gasteiger partial charge in [-0.25, -0.2) is 0 Å². The minimum Gasteiger partial charge on any atom is -0.497 e. The number of aromatic nitrogens is 1. The average molecular weight is 301 g/mol. The maximum absolute atomic E-state index is 12.3. The van der Waals surface area contributed by atoms with Gasteiger partial charge in [0.1, 0.15) is 11.4 Å². The molecule has 1 amide bonds. The van der Waals surface area contributed by atoms with Gasteiger partial charge >= 0.3 is 0 Å². The van der Waals surface area contributed by atoms with Crippen LogP contribution in [0.4, 0.5) is 5.69 Å². The Bertz CT molecular complexity index is 811. The molecule has 0 bridgehead atoms. The van der Waals surface area contributed by atoms with Gasteiger partial charge in [0.15, 0.2) is 0 Å². The van der Waals surface area contributed by atoms with E-state index in [1.807, 2.05) is 24.3 Å². The average Bonchev–Trinajstić information content (AvgIpc) is 2.90. The van der Waals surface area contributed by atoms with Crippen molar-refractivity contribution in [3.8, 4) is 5.75 Å². The fourth-order valence-corrected chi connectivity index (χ4v) is 2.31. The summed E-state index contributed by atoms with van der Waals surface area (Å²) in [6.07, 6.45) is 0. The van der Waals surface area contributed by atoms with Crippen molar-refractivity contribution in [1.29, 1.82) is 0 Å². The van der Waals surface area contributed by atoms with Crippen LogP contribution in [0, 0.1) is 0 Å². The topological polar surface area (TPSA) is 54.1 Å². The van der Waals surface area contributed by atoms with E-state index in [1.54, 1.807) is 31.4 Å². The third-order valence-corrected chi connectivity index (χ3v) is 3.39. The predicted octanol–water partition coefficient (Wildman–Crippen LogP) is 4.08. The predicted molar refractivity (Wildman–Crippen MR) is 84.3 cm³/mol. The number of rotatable bonds is 3. The van der Waals surface area contributed by atoms with Crippen molar-refractivity contribution in [2.45, 2.75) is 0 Å². The fourth-order valence-electron chi connectivity index (χ4n) is 2.13. The first-order valence-electron chi connectivity index (χ1n) is 6.39. The number of hydrogen-bond acceptors (Lipinski definition) is 2. The number of carbonyl (C=O) groups is 1. The van der Waals surface area contributed by atoms with Gasteiger partial charge in [-0.2, -0.15) is 0 Å². The van der Waals surface area contributed by atoms with Crippen LogP contribution in [0.3, 0.4) is 0 Å². The molecule has 0 aliphatic rings. The van der Waals surface area contributed by atoms with E-state index in [2.05, 4.69) is 10.3 Å². The number of hydrogen-bond donors (Lipinski definition) is 2. The number of halogens is 1. The lowest BCUT2D eigenvalue weighted by atomic mass is 10.2. The normalized spacial score (nSPS) is 10.6. The third-order valence-electron chi connectivity index (χ3n) is 3.16. The van der Waals surface area contributed by atoms with Crippen LogP contribution in [0.25, 0.3) is 10.9 Å². The number of anilines is 1. The molecule has 0 saturated carbocycles. The molecule has 2 N–H and O–H groups in total. The number of methoxy groups -OCH3 is 1. The zero-order valence-corrected chi connectivity index (χ0v) is 12.1. The van der Waals surface area contributed by atoms with Crippen LogP contribution in [-0.4, -0.2) is 18.0 Å². The first-order chi connectivity index (χ1) is 10.2. The number of carbonyl (C=O) groups excluding carboxylic acids is 1. The summed E-state index contributed by atoms with van der Waals surface area (Å²) in [6, 6.07) is 14.4. The molecule has 2 aromatic carbocycles. The quantitative estimate of drug-likeness (QED) is 0.765. The van der Waals surface area contributed by atoms with Crippen LogP contribution < -0.4 is 10.1 Å². The van der Waals surface area contributed by atoms with Crippen molar-refractivity contribution in [3.05, 3.63) is 59.2 Å². The van der Waals surface area contributed by atoms with E-state index in [4.69, 9.17) is 16.3 Å². The van der Waals surface area contributed by atoms with Gasteiger partial charge in [0.05, 0.1) is 7.11 Å². The monoisotopic (exact) mass is 300 g/mol. The second-order valence-corrected chi connectivity index (χ2v) is 5.04. The first-order valence-corrected chi connectivity index (χ1v) is 6.77. The molecule has 3 aromatic rings. The number of H-pyrrole nitrogens is 1. The molecule has 0 aliphatic carbocycles. The molecule has 0 aliphatic heterocycles. The summed E-state index contributed by atoms with van der Waals surface area (Å²) in [5, 5.41) is 4.37. The fraction of sp³-hybridized carbons (Fsp3) is 0.0625. The lowest BCUT2D eigenvalue weighted by Gasteiger charge is -2.05. The molecule has 5 heteroatoms. The third kappa shape index (κ3) is 2.85. The Morgan fingerprint density at radius 1 is 1.19 bits per heavy atom. The zero-order valence-electron chi connectivity index (χ0n) is 11.3. The summed E-state index contributed by atoms with van der Waals surface area (Å²) in [6.45, 7) is 0. The van der Waals surface area contributed by atoms with Crippen molar-refractivity contribution in [2.24, 2.45) is 0 Å². The molecule has 4 nitrogen and oxygen atoms in total. The van der Waals surface area contributed by atoms with Gasteiger partial charge in [0, 0.05) is 27.7 Å². The van der Waals surface area contributed by atoms with E-state index in [0.717, 1.165) is 10.9 Å². The van der Waals surface area contributed by atoms with Crippen molar-refractivity contribution in [3.63, 3.8) is 0 Å². The number of amides is 1. The second-order valence-electron chi connectivity index (χ2n) is 4.60. The SMILES string of the molecule is COc1cccc(NC(=O)c2cc3cc(Cl)ccc3[nH]2)c1. The van der Waals surface area contributed by atoms with E-state index in [9.17, 15) is 4.79 Å². The van der Waals surface area contributed by atoms with E-state index < -0.39 is 0 Å². The van der Waals surface area contributed by atoms with Crippen LogP contribution >= 0.6 is 11.6 Å². The van der Waals surface area contributed by atoms with Gasteiger partial charge in [-0.1, -0.05) is 17.7 Å². The molecule has 0 atom stereocenters. The molecule has 1 heterocycles. The standard InChI is InChI=1S/C16H13ClN2O2/c1-21-13-4-2-3-12(9-13)18-16(20)15-8-10-7-11(17)5-6-14(10)19-15/h2-9,19H,1H3,(H,18,20). The van der Waals surface area contributed by atoms with Crippen LogP contribution in [0.2, 0.25) is 5.02 Å². The lowest BCUT2D eigenvalue weighted by Crippen LogP contribution is -2.12. The maximum atomic E-state index is 12.3. The molecule has 0 unspecified atom stereocenters. The van der Waals surface area contributed by atoms with Crippen LogP contribution in [0.15, 0.2) is 48.5 Å². The molecule has 0 fully saturated rings. The van der Waals surface area contributed by atoms with Gasteiger partial charge in [-0.15, -0.1) is 0 Å². The summed E-state index contributed by atoms with van der Waals surface area (Å²) in [5.74, 6) is 0.479. The summed E-state index contributed by atoms with van der Waals surface area (Å²) in [4.78, 5) is 15.3. The molecule has 0 spiro atoms. The molecule has 1 aromatic heterocycles. The first kappa shape index (κ1) is 13.5. The van der Waals surface area contributed by atoms with Gasteiger partial charge < -0.3 is 15.0 Å². The number of fused-ring (bicyclic) bond motifs is 1. The van der Waals surface area contributed by atoms with Crippen LogP contribution in [-0.2, 0) is 0 Å². The van der Waals surface area contributed by atoms with Crippen molar-refractivity contribution >= 4 is 34.1 Å². The van der Waals surface area contributed by atoms with Crippen molar-refractivity contribution in [1.82, 2.24) is 4.98 Å². The van der Waals surface area contributed by atoms with Crippen LogP contribution in [0.1, 0.15) is 10.5 Å². The van der Waals surface area contributed by atoms with Gasteiger partial charge in [0.25, 0.3) is 5.91 Å². The van der Waals surface area contributed by atoms with E-state index in [-0.39, 0.29) is 5.91 Å². The minimum absolute atomic E-state index is 0.212. The Labute approximate surface area is 126 Å². The highest BCUT2D eigenvalue weighted by Gasteiger charge is 2.10. The number of nitrogens with one attached hydrogen (secondary N) is 2. The van der Waals surface area contributed by atoms with Gasteiger partial charge in [-0.3, -0.25) is 4.79 Å². The Kier molecular flexibility index (Phi) is 3.54. The molecular formula is C16H13ClN2O2. The number of benzene rings is 2. The van der Waals surface area contributed by atoms with Crippen molar-refractivity contribution in [2.75, 3.05) is 12.4 Å². The van der Waals surface area contributed by atoms with E-state index in [1.165, 1.54) is 0 Å².